The minimum Gasteiger partial charge on any atom is -0.324 e. The summed E-state index contributed by atoms with van der Waals surface area (Å²) in [5.74, 6) is 0. The zero-order valence-corrected chi connectivity index (χ0v) is 12.1. The van der Waals surface area contributed by atoms with Crippen molar-refractivity contribution in [3.05, 3.63) is 48.9 Å². The number of aromatic nitrogens is 1. The predicted octanol–water partition coefficient (Wildman–Crippen LogP) is 3.64. The highest BCUT2D eigenvalue weighted by molar-refractivity contribution is 14.1. The number of thiophene rings is 1. The molecule has 2 N–H and O–H groups in total. The van der Waals surface area contributed by atoms with E-state index in [4.69, 9.17) is 17.3 Å². The molecule has 1 atom stereocenters. The number of nitrogens with two attached hydrogens (primary N) is 1. The molecule has 2 nitrogen and oxygen atoms in total. The Labute approximate surface area is 117 Å². The van der Waals surface area contributed by atoms with E-state index in [-0.39, 0.29) is 6.04 Å². The Morgan fingerprint density at radius 3 is 3.00 bits per heavy atom. The summed E-state index contributed by atoms with van der Waals surface area (Å²) in [5, 5.41) is 2.78. The van der Waals surface area contributed by atoms with Crippen LogP contribution in [0.2, 0.25) is 5.02 Å². The molecule has 0 aliphatic heterocycles. The molecule has 1 unspecified atom stereocenters. The second-order valence-electron chi connectivity index (χ2n) is 3.46. The quantitative estimate of drug-likeness (QED) is 0.845. The number of halogens is 2. The van der Waals surface area contributed by atoms with Crippen LogP contribution in [0.15, 0.2) is 29.9 Å². The monoisotopic (exact) mass is 364 g/mol. The fourth-order valence-electron chi connectivity index (χ4n) is 1.44. The average Bonchev–Trinajstić information content (AvgIpc) is 2.68. The van der Waals surface area contributed by atoms with Crippen LogP contribution in [0.4, 0.5) is 0 Å². The normalized spacial score (nSPS) is 12.7. The van der Waals surface area contributed by atoms with Gasteiger partial charge in [-0.15, -0.1) is 11.3 Å². The van der Waals surface area contributed by atoms with Crippen LogP contribution in [0.1, 0.15) is 17.2 Å². The van der Waals surface area contributed by atoms with Crippen LogP contribution in [-0.4, -0.2) is 4.98 Å². The summed E-state index contributed by atoms with van der Waals surface area (Å²) >= 11 is 10.1. The lowest BCUT2D eigenvalue weighted by Gasteiger charge is -2.10. The topological polar surface area (TPSA) is 38.9 Å². The molecule has 0 saturated carbocycles. The summed E-state index contributed by atoms with van der Waals surface area (Å²) in [6.45, 7) is 0. The molecule has 0 amide bonds. The highest BCUT2D eigenvalue weighted by atomic mass is 127. The van der Waals surface area contributed by atoms with Gasteiger partial charge in [0.05, 0.1) is 7.91 Å². The van der Waals surface area contributed by atoms with Crippen molar-refractivity contribution in [1.82, 2.24) is 4.98 Å². The van der Waals surface area contributed by atoms with E-state index in [1.54, 1.807) is 23.7 Å². The van der Waals surface area contributed by atoms with E-state index in [1.807, 2.05) is 6.07 Å². The van der Waals surface area contributed by atoms with Crippen molar-refractivity contribution in [1.29, 1.82) is 0 Å². The summed E-state index contributed by atoms with van der Waals surface area (Å²) in [5.41, 5.74) is 8.35. The van der Waals surface area contributed by atoms with E-state index in [9.17, 15) is 0 Å². The first-order chi connectivity index (χ1) is 7.66. The number of pyridine rings is 1. The van der Waals surface area contributed by atoms with Crippen molar-refractivity contribution in [2.24, 2.45) is 5.73 Å². The van der Waals surface area contributed by atoms with Gasteiger partial charge in [0, 0.05) is 18.4 Å². The van der Waals surface area contributed by atoms with Crippen molar-refractivity contribution in [2.75, 3.05) is 0 Å². The van der Waals surface area contributed by atoms with E-state index >= 15 is 0 Å². The molecule has 0 saturated heterocycles. The number of rotatable bonds is 3. The van der Waals surface area contributed by atoms with Gasteiger partial charge in [-0.2, -0.15) is 0 Å². The predicted molar refractivity (Wildman–Crippen MR) is 76.9 cm³/mol. The third kappa shape index (κ3) is 2.94. The zero-order valence-electron chi connectivity index (χ0n) is 8.36. The first kappa shape index (κ1) is 12.3. The summed E-state index contributed by atoms with van der Waals surface area (Å²) in [6, 6.07) is 4.03. The van der Waals surface area contributed by atoms with Crippen LogP contribution in [0.25, 0.3) is 0 Å². The highest BCUT2D eigenvalue weighted by Crippen LogP contribution is 2.25. The van der Waals surface area contributed by atoms with Crippen molar-refractivity contribution in [3.63, 3.8) is 0 Å². The largest absolute Gasteiger partial charge is 0.324 e. The molecule has 0 fully saturated rings. The molecule has 0 bridgehead atoms. The van der Waals surface area contributed by atoms with Gasteiger partial charge in [-0.3, -0.25) is 4.98 Å². The Morgan fingerprint density at radius 2 is 2.38 bits per heavy atom. The second-order valence-corrected chi connectivity index (χ2v) is 6.67. The molecule has 0 aromatic carbocycles. The van der Waals surface area contributed by atoms with Crippen LogP contribution >= 0.6 is 45.5 Å². The highest BCUT2D eigenvalue weighted by Gasteiger charge is 2.10. The number of hydrogen-bond acceptors (Lipinski definition) is 3. The van der Waals surface area contributed by atoms with E-state index in [0.717, 1.165) is 12.0 Å². The summed E-state index contributed by atoms with van der Waals surface area (Å²) in [4.78, 5) is 3.96. The van der Waals surface area contributed by atoms with Gasteiger partial charge >= 0.3 is 0 Å². The Bertz CT molecular complexity index is 486. The van der Waals surface area contributed by atoms with Crippen molar-refractivity contribution < 1.29 is 0 Å². The fourth-order valence-corrected chi connectivity index (χ4v) is 3.08. The molecule has 2 aromatic heterocycles. The third-order valence-corrected chi connectivity index (χ3v) is 4.46. The summed E-state index contributed by atoms with van der Waals surface area (Å²) in [6.07, 6.45) is 4.14. The maximum Gasteiger partial charge on any atom is 0.0656 e. The van der Waals surface area contributed by atoms with E-state index in [0.29, 0.717) is 5.02 Å². The molecule has 84 valence electrons. The summed E-state index contributed by atoms with van der Waals surface area (Å²) in [7, 11) is 0. The number of hydrogen-bond donors (Lipinski definition) is 1. The van der Waals surface area contributed by atoms with Crippen molar-refractivity contribution in [2.45, 2.75) is 12.5 Å². The first-order valence-corrected chi connectivity index (χ1v) is 7.08. The molecule has 2 heterocycles. The molecule has 2 rings (SSSR count). The number of nitrogens with zero attached hydrogens (tertiary/aromatic N) is 1. The third-order valence-electron chi connectivity index (χ3n) is 2.31. The summed E-state index contributed by atoms with van der Waals surface area (Å²) < 4.78 is 1.25. The Morgan fingerprint density at radius 1 is 1.56 bits per heavy atom. The van der Waals surface area contributed by atoms with Gasteiger partial charge < -0.3 is 5.73 Å². The van der Waals surface area contributed by atoms with Crippen LogP contribution in [0.3, 0.4) is 0 Å². The van der Waals surface area contributed by atoms with Crippen LogP contribution in [-0.2, 0) is 6.42 Å². The van der Waals surface area contributed by atoms with E-state index in [2.05, 4.69) is 39.0 Å². The maximum atomic E-state index is 6.13. The Balaban J connectivity index is 2.13. The van der Waals surface area contributed by atoms with Gasteiger partial charge in [-0.05, 0) is 57.7 Å². The van der Waals surface area contributed by atoms with Crippen LogP contribution in [0, 0.1) is 2.88 Å². The lowest BCUT2D eigenvalue weighted by atomic mass is 10.0. The fraction of sp³-hybridized carbons (Fsp3) is 0.182. The molecule has 2 aromatic rings. The van der Waals surface area contributed by atoms with Crippen molar-refractivity contribution in [3.8, 4) is 0 Å². The molecule has 0 radical (unpaired) electrons. The van der Waals surface area contributed by atoms with Crippen molar-refractivity contribution >= 4 is 45.5 Å². The smallest absolute Gasteiger partial charge is 0.0656 e. The van der Waals surface area contributed by atoms with Gasteiger partial charge in [-0.25, -0.2) is 0 Å². The molecule has 16 heavy (non-hydrogen) atoms. The second kappa shape index (κ2) is 5.44. The van der Waals surface area contributed by atoms with Gasteiger partial charge in [0.15, 0.2) is 0 Å². The van der Waals surface area contributed by atoms with E-state index in [1.165, 1.54) is 8.45 Å². The average molecular weight is 365 g/mol. The minimum absolute atomic E-state index is 0.000309. The van der Waals surface area contributed by atoms with Gasteiger partial charge in [-0.1, -0.05) is 11.6 Å². The lowest BCUT2D eigenvalue weighted by molar-refractivity contribution is 0.724. The van der Waals surface area contributed by atoms with Crippen LogP contribution < -0.4 is 5.73 Å². The maximum absolute atomic E-state index is 6.13. The van der Waals surface area contributed by atoms with Gasteiger partial charge in [0.2, 0.25) is 0 Å². The lowest BCUT2D eigenvalue weighted by Crippen LogP contribution is -2.12. The molecule has 0 aliphatic carbocycles. The molecular weight excluding hydrogens is 355 g/mol. The minimum atomic E-state index is -0.000309. The molecule has 0 spiro atoms. The molecule has 5 heteroatoms. The van der Waals surface area contributed by atoms with Gasteiger partial charge in [0.25, 0.3) is 0 Å². The molecule has 0 aliphatic rings. The Kier molecular flexibility index (Phi) is 4.18. The van der Waals surface area contributed by atoms with Crippen LogP contribution in [0.5, 0.6) is 0 Å². The Hall–Kier alpha value is -0.170. The zero-order chi connectivity index (χ0) is 11.5. The van der Waals surface area contributed by atoms with E-state index < -0.39 is 0 Å². The molecular formula is C11H10ClIN2S. The standard InChI is InChI=1S/C11H10ClIN2S/c12-9-5-15-2-1-7(9)3-10(14)8-4-11(13)16-6-8/h1-2,4-6,10H,3,14H2. The first-order valence-electron chi connectivity index (χ1n) is 4.74. The SMILES string of the molecule is NC(Cc1ccncc1Cl)c1csc(I)c1. The van der Waals surface area contributed by atoms with Gasteiger partial charge in [0.1, 0.15) is 0 Å².